The number of rotatable bonds is 5. The molecule has 0 bridgehead atoms. The van der Waals surface area contributed by atoms with Crippen LogP contribution in [0, 0.1) is 6.92 Å². The van der Waals surface area contributed by atoms with Crippen LogP contribution in [0.3, 0.4) is 0 Å². The van der Waals surface area contributed by atoms with Crippen LogP contribution in [-0.4, -0.2) is 11.0 Å². The van der Waals surface area contributed by atoms with Gasteiger partial charge in [-0.1, -0.05) is 42.8 Å². The van der Waals surface area contributed by atoms with Gasteiger partial charge in [-0.15, -0.1) is 0 Å². The van der Waals surface area contributed by atoms with E-state index in [1.54, 1.807) is 18.3 Å². The zero-order valence-electron chi connectivity index (χ0n) is 14.8. The molecular formula is C21H21N3O2. The second kappa shape index (κ2) is 8.16. The SMILES string of the molecule is CCc1ccccc1Oc1ncccc1NC(=O)Nc1ccc(C)cc1. The van der Waals surface area contributed by atoms with Crippen molar-refractivity contribution in [3.05, 3.63) is 78.0 Å². The Balaban J connectivity index is 1.74. The number of aromatic nitrogens is 1. The second-order valence-corrected chi connectivity index (χ2v) is 5.86. The fraction of sp³-hybridized carbons (Fsp3) is 0.143. The van der Waals surface area contributed by atoms with Crippen molar-refractivity contribution >= 4 is 17.4 Å². The van der Waals surface area contributed by atoms with Crippen LogP contribution < -0.4 is 15.4 Å². The van der Waals surface area contributed by atoms with Crippen LogP contribution in [0.25, 0.3) is 0 Å². The monoisotopic (exact) mass is 347 g/mol. The van der Waals surface area contributed by atoms with Gasteiger partial charge in [0, 0.05) is 11.9 Å². The standard InChI is InChI=1S/C21H21N3O2/c1-3-16-7-4-5-9-19(16)26-20-18(8-6-14-22-20)24-21(25)23-17-12-10-15(2)11-13-17/h4-14H,3H2,1-2H3,(H2,23,24,25). The Morgan fingerprint density at radius 3 is 2.54 bits per heavy atom. The van der Waals surface area contributed by atoms with E-state index in [0.717, 1.165) is 29.0 Å². The fourth-order valence-electron chi connectivity index (χ4n) is 2.49. The lowest BCUT2D eigenvalue weighted by molar-refractivity contribution is 0.262. The van der Waals surface area contributed by atoms with E-state index in [0.29, 0.717) is 11.6 Å². The van der Waals surface area contributed by atoms with Gasteiger partial charge in [-0.3, -0.25) is 0 Å². The van der Waals surface area contributed by atoms with E-state index in [1.165, 1.54) is 0 Å². The number of nitrogens with one attached hydrogen (secondary N) is 2. The van der Waals surface area contributed by atoms with Gasteiger partial charge < -0.3 is 15.4 Å². The first-order valence-corrected chi connectivity index (χ1v) is 8.51. The number of ether oxygens (including phenoxy) is 1. The maximum Gasteiger partial charge on any atom is 0.323 e. The van der Waals surface area contributed by atoms with Gasteiger partial charge in [0.2, 0.25) is 5.88 Å². The summed E-state index contributed by atoms with van der Waals surface area (Å²) in [5.41, 5.74) is 3.43. The van der Waals surface area contributed by atoms with Gasteiger partial charge in [0.15, 0.2) is 0 Å². The van der Waals surface area contributed by atoms with Gasteiger partial charge >= 0.3 is 6.03 Å². The molecule has 0 saturated heterocycles. The largest absolute Gasteiger partial charge is 0.437 e. The summed E-state index contributed by atoms with van der Waals surface area (Å²) in [6, 6.07) is 18.5. The number of hydrogen-bond donors (Lipinski definition) is 2. The predicted octanol–water partition coefficient (Wildman–Crippen LogP) is 5.39. The van der Waals surface area contributed by atoms with Crippen molar-refractivity contribution in [1.82, 2.24) is 4.98 Å². The lowest BCUT2D eigenvalue weighted by atomic mass is 10.1. The van der Waals surface area contributed by atoms with Gasteiger partial charge in [-0.2, -0.15) is 0 Å². The van der Waals surface area contributed by atoms with Gasteiger partial charge in [0.05, 0.1) is 0 Å². The fourth-order valence-corrected chi connectivity index (χ4v) is 2.49. The zero-order chi connectivity index (χ0) is 18.4. The van der Waals surface area contributed by atoms with Gasteiger partial charge in [-0.25, -0.2) is 9.78 Å². The van der Waals surface area contributed by atoms with E-state index < -0.39 is 0 Å². The highest BCUT2D eigenvalue weighted by atomic mass is 16.5. The quantitative estimate of drug-likeness (QED) is 0.650. The van der Waals surface area contributed by atoms with Crippen LogP contribution in [0.4, 0.5) is 16.2 Å². The average molecular weight is 347 g/mol. The zero-order valence-corrected chi connectivity index (χ0v) is 14.8. The third-order valence-corrected chi connectivity index (χ3v) is 3.89. The molecule has 26 heavy (non-hydrogen) atoms. The molecule has 0 aliphatic heterocycles. The van der Waals surface area contributed by atoms with Crippen molar-refractivity contribution in [2.75, 3.05) is 10.6 Å². The highest BCUT2D eigenvalue weighted by Crippen LogP contribution is 2.29. The first-order valence-electron chi connectivity index (χ1n) is 8.51. The number of benzene rings is 2. The summed E-state index contributed by atoms with van der Waals surface area (Å²) in [6.07, 6.45) is 2.48. The molecule has 0 aliphatic carbocycles. The molecule has 3 aromatic rings. The average Bonchev–Trinajstić information content (AvgIpc) is 2.65. The normalized spacial score (nSPS) is 10.2. The van der Waals surface area contributed by atoms with Crippen LogP contribution in [0.2, 0.25) is 0 Å². The number of urea groups is 1. The molecule has 2 aromatic carbocycles. The molecule has 5 nitrogen and oxygen atoms in total. The first-order chi connectivity index (χ1) is 12.7. The Morgan fingerprint density at radius 2 is 1.77 bits per heavy atom. The maximum atomic E-state index is 12.3. The number of aryl methyl sites for hydroxylation is 2. The molecule has 3 rings (SSSR count). The van der Waals surface area contributed by atoms with Crippen LogP contribution in [0.15, 0.2) is 66.9 Å². The molecule has 5 heteroatoms. The Bertz CT molecular complexity index is 892. The van der Waals surface area contributed by atoms with Crippen molar-refractivity contribution in [1.29, 1.82) is 0 Å². The molecule has 1 aromatic heterocycles. The van der Waals surface area contributed by atoms with E-state index in [9.17, 15) is 4.79 Å². The summed E-state index contributed by atoms with van der Waals surface area (Å²) in [5, 5.41) is 5.59. The third kappa shape index (κ3) is 4.39. The Kier molecular flexibility index (Phi) is 5.49. The van der Waals surface area contributed by atoms with Crippen LogP contribution in [0.5, 0.6) is 11.6 Å². The van der Waals surface area contributed by atoms with E-state index in [2.05, 4.69) is 22.5 Å². The van der Waals surface area contributed by atoms with E-state index >= 15 is 0 Å². The number of pyridine rings is 1. The number of nitrogens with zero attached hydrogens (tertiary/aromatic N) is 1. The Morgan fingerprint density at radius 1 is 1.00 bits per heavy atom. The molecule has 2 amide bonds. The molecular weight excluding hydrogens is 326 g/mol. The summed E-state index contributed by atoms with van der Waals surface area (Å²) in [7, 11) is 0. The minimum absolute atomic E-state index is 0.351. The van der Waals surface area contributed by atoms with Crippen LogP contribution in [0.1, 0.15) is 18.1 Å². The number of carbonyl (C=O) groups excluding carboxylic acids is 1. The maximum absolute atomic E-state index is 12.3. The third-order valence-electron chi connectivity index (χ3n) is 3.89. The summed E-state index contributed by atoms with van der Waals surface area (Å²) in [4.78, 5) is 16.5. The highest BCUT2D eigenvalue weighted by molar-refractivity contribution is 6.00. The van der Waals surface area contributed by atoms with Crippen molar-refractivity contribution < 1.29 is 9.53 Å². The number of para-hydroxylation sites is 1. The molecule has 0 fully saturated rings. The minimum Gasteiger partial charge on any atom is -0.437 e. The molecule has 0 atom stereocenters. The van der Waals surface area contributed by atoms with Crippen molar-refractivity contribution in [3.8, 4) is 11.6 Å². The lowest BCUT2D eigenvalue weighted by Crippen LogP contribution is -2.19. The molecule has 0 saturated carbocycles. The molecule has 0 radical (unpaired) electrons. The predicted molar refractivity (Wildman–Crippen MR) is 104 cm³/mol. The topological polar surface area (TPSA) is 63.2 Å². The van der Waals surface area contributed by atoms with Gasteiger partial charge in [0.1, 0.15) is 11.4 Å². The first kappa shape index (κ1) is 17.5. The molecule has 0 aliphatic rings. The molecule has 1 heterocycles. The molecule has 132 valence electrons. The second-order valence-electron chi connectivity index (χ2n) is 5.86. The van der Waals surface area contributed by atoms with Gasteiger partial charge in [0.25, 0.3) is 0 Å². The summed E-state index contributed by atoms with van der Waals surface area (Å²) < 4.78 is 5.94. The Hall–Kier alpha value is -3.34. The van der Waals surface area contributed by atoms with E-state index in [-0.39, 0.29) is 6.03 Å². The van der Waals surface area contributed by atoms with Crippen molar-refractivity contribution in [2.45, 2.75) is 20.3 Å². The lowest BCUT2D eigenvalue weighted by Gasteiger charge is -2.13. The van der Waals surface area contributed by atoms with Crippen LogP contribution in [-0.2, 0) is 6.42 Å². The summed E-state index contributed by atoms with van der Waals surface area (Å²) in [6.45, 7) is 4.06. The number of hydrogen-bond acceptors (Lipinski definition) is 3. The number of carbonyl (C=O) groups is 1. The summed E-state index contributed by atoms with van der Waals surface area (Å²) >= 11 is 0. The smallest absolute Gasteiger partial charge is 0.323 e. The van der Waals surface area contributed by atoms with Crippen molar-refractivity contribution in [3.63, 3.8) is 0 Å². The van der Waals surface area contributed by atoms with Gasteiger partial charge in [-0.05, 0) is 49.2 Å². The summed E-state index contributed by atoms with van der Waals surface area (Å²) in [5.74, 6) is 1.09. The molecule has 2 N–H and O–H groups in total. The van der Waals surface area contributed by atoms with E-state index in [4.69, 9.17) is 4.74 Å². The minimum atomic E-state index is -0.351. The van der Waals surface area contributed by atoms with E-state index in [1.807, 2.05) is 55.5 Å². The van der Waals surface area contributed by atoms with Crippen molar-refractivity contribution in [2.24, 2.45) is 0 Å². The highest BCUT2D eigenvalue weighted by Gasteiger charge is 2.11. The Labute approximate surface area is 153 Å². The molecule has 0 spiro atoms. The molecule has 0 unspecified atom stereocenters. The number of amides is 2. The number of anilines is 2. The van der Waals surface area contributed by atoms with Crippen LogP contribution >= 0.6 is 0 Å².